The molecule has 0 spiro atoms. The molecule has 2 aromatic carbocycles. The number of benzene rings is 2. The van der Waals surface area contributed by atoms with Gasteiger partial charge in [0.25, 0.3) is 0 Å². The molecule has 1 saturated heterocycles. The van der Waals surface area contributed by atoms with Crippen LogP contribution in [0.25, 0.3) is 0 Å². The first-order valence-electron chi connectivity index (χ1n) is 9.20. The number of nitrogens with one attached hydrogen (secondary N) is 2. The molecule has 0 unspecified atom stereocenters. The fourth-order valence-corrected chi connectivity index (χ4v) is 3.01. The number of carbonyl (C=O) groups excluding carboxylic acids is 3. The van der Waals surface area contributed by atoms with E-state index in [0.29, 0.717) is 5.69 Å². The number of amides is 4. The number of anilines is 1. The third-order valence-corrected chi connectivity index (χ3v) is 4.50. The minimum Gasteiger partial charge on any atom is -0.329 e. The zero-order chi connectivity index (χ0) is 19.9. The fourth-order valence-electron chi connectivity index (χ4n) is 3.01. The molecule has 0 atom stereocenters. The van der Waals surface area contributed by atoms with Crippen molar-refractivity contribution < 1.29 is 14.4 Å². The molecule has 3 rings (SSSR count). The maximum atomic E-state index is 12.3. The van der Waals surface area contributed by atoms with E-state index >= 15 is 0 Å². The Morgan fingerprint density at radius 1 is 1.11 bits per heavy atom. The van der Waals surface area contributed by atoms with Crippen molar-refractivity contribution in [2.24, 2.45) is 0 Å². The van der Waals surface area contributed by atoms with Gasteiger partial charge in [0.05, 0.1) is 13.1 Å². The van der Waals surface area contributed by atoms with E-state index in [0.717, 1.165) is 28.9 Å². The van der Waals surface area contributed by atoms with Crippen LogP contribution in [-0.2, 0) is 22.6 Å². The van der Waals surface area contributed by atoms with Crippen molar-refractivity contribution in [3.05, 3.63) is 77.4 Å². The van der Waals surface area contributed by atoms with E-state index in [-0.39, 0.29) is 24.9 Å². The average Bonchev–Trinajstić information content (AvgIpc) is 2.99. The molecule has 28 heavy (non-hydrogen) atoms. The number of imide groups is 1. The fraction of sp³-hybridized carbons (Fsp3) is 0.227. The minimum atomic E-state index is -0.392. The van der Waals surface area contributed by atoms with Gasteiger partial charge < -0.3 is 10.6 Å². The number of aryl methyl sites for hydroxylation is 1. The van der Waals surface area contributed by atoms with Gasteiger partial charge in [0, 0.05) is 11.8 Å². The second-order valence-corrected chi connectivity index (χ2v) is 6.80. The molecule has 1 heterocycles. The summed E-state index contributed by atoms with van der Waals surface area (Å²) in [5.41, 5.74) is 3.63. The standard InChI is InChI=1S/C22H23N3O3/c1-16(10-11-17-6-3-2-4-7-17)12-20(26)24-19-9-5-8-18(13-19)15-25-21(27)14-23-22(25)28/h2-9,12-13H,10-11,14-15H2,1H3,(H,23,28)(H,24,26). The lowest BCUT2D eigenvalue weighted by atomic mass is 10.1. The van der Waals surface area contributed by atoms with Crippen LogP contribution in [0, 0.1) is 0 Å². The number of rotatable bonds is 7. The molecule has 1 fully saturated rings. The zero-order valence-corrected chi connectivity index (χ0v) is 15.8. The van der Waals surface area contributed by atoms with Crippen LogP contribution in [0.3, 0.4) is 0 Å². The molecule has 0 radical (unpaired) electrons. The molecule has 0 saturated carbocycles. The van der Waals surface area contributed by atoms with Gasteiger partial charge in [0.1, 0.15) is 0 Å². The molecule has 144 valence electrons. The Labute approximate surface area is 164 Å². The molecular weight excluding hydrogens is 354 g/mol. The molecule has 2 N–H and O–H groups in total. The number of hydrogen-bond acceptors (Lipinski definition) is 3. The van der Waals surface area contributed by atoms with E-state index < -0.39 is 6.03 Å². The Morgan fingerprint density at radius 2 is 1.86 bits per heavy atom. The summed E-state index contributed by atoms with van der Waals surface area (Å²) in [6.45, 7) is 2.15. The number of allylic oxidation sites excluding steroid dienone is 1. The van der Waals surface area contributed by atoms with E-state index in [2.05, 4.69) is 22.8 Å². The first kappa shape index (κ1) is 19.4. The average molecular weight is 377 g/mol. The van der Waals surface area contributed by atoms with E-state index in [1.54, 1.807) is 24.3 Å². The second kappa shape index (κ2) is 8.99. The van der Waals surface area contributed by atoms with Crippen LogP contribution in [0.2, 0.25) is 0 Å². The molecule has 0 aromatic heterocycles. The quantitative estimate of drug-likeness (QED) is 0.574. The van der Waals surface area contributed by atoms with Crippen LogP contribution >= 0.6 is 0 Å². The summed E-state index contributed by atoms with van der Waals surface area (Å²) >= 11 is 0. The highest BCUT2D eigenvalue weighted by molar-refractivity contribution is 6.02. The van der Waals surface area contributed by atoms with Gasteiger partial charge in [0.15, 0.2) is 0 Å². The maximum Gasteiger partial charge on any atom is 0.324 e. The number of hydrogen-bond donors (Lipinski definition) is 2. The van der Waals surface area contributed by atoms with Crippen molar-refractivity contribution in [1.82, 2.24) is 10.2 Å². The monoisotopic (exact) mass is 377 g/mol. The Morgan fingerprint density at radius 3 is 2.57 bits per heavy atom. The second-order valence-electron chi connectivity index (χ2n) is 6.80. The maximum absolute atomic E-state index is 12.3. The lowest BCUT2D eigenvalue weighted by Gasteiger charge is -2.13. The first-order valence-corrected chi connectivity index (χ1v) is 9.20. The Balaban J connectivity index is 1.56. The number of urea groups is 1. The predicted octanol–water partition coefficient (Wildman–Crippen LogP) is 3.26. The molecule has 0 aliphatic carbocycles. The van der Waals surface area contributed by atoms with Gasteiger partial charge in [-0.15, -0.1) is 0 Å². The van der Waals surface area contributed by atoms with Crippen molar-refractivity contribution in [1.29, 1.82) is 0 Å². The number of nitrogens with zero attached hydrogens (tertiary/aromatic N) is 1. The summed E-state index contributed by atoms with van der Waals surface area (Å²) in [4.78, 5) is 36.8. The highest BCUT2D eigenvalue weighted by Crippen LogP contribution is 2.15. The van der Waals surface area contributed by atoms with Gasteiger partial charge in [-0.25, -0.2) is 4.79 Å². The normalized spacial score (nSPS) is 14.2. The van der Waals surface area contributed by atoms with Gasteiger partial charge in [-0.1, -0.05) is 48.0 Å². The van der Waals surface area contributed by atoms with Gasteiger partial charge in [-0.3, -0.25) is 14.5 Å². The van der Waals surface area contributed by atoms with E-state index in [1.165, 1.54) is 5.56 Å². The molecule has 1 aliphatic heterocycles. The van der Waals surface area contributed by atoms with E-state index in [4.69, 9.17) is 0 Å². The Bertz CT molecular complexity index is 890. The van der Waals surface area contributed by atoms with Gasteiger partial charge >= 0.3 is 6.03 Å². The van der Waals surface area contributed by atoms with Gasteiger partial charge in [0.2, 0.25) is 11.8 Å². The molecule has 6 heteroatoms. The van der Waals surface area contributed by atoms with Crippen molar-refractivity contribution in [3.8, 4) is 0 Å². The van der Waals surface area contributed by atoms with Crippen molar-refractivity contribution in [2.75, 3.05) is 11.9 Å². The summed E-state index contributed by atoms with van der Waals surface area (Å²) in [6.07, 6.45) is 3.30. The van der Waals surface area contributed by atoms with E-state index in [1.807, 2.05) is 31.2 Å². The summed E-state index contributed by atoms with van der Waals surface area (Å²) < 4.78 is 0. The van der Waals surface area contributed by atoms with Crippen molar-refractivity contribution in [2.45, 2.75) is 26.3 Å². The SMILES string of the molecule is CC(=CC(=O)Nc1cccc(CN2C(=O)CNC2=O)c1)CCc1ccccc1. The number of carbonyl (C=O) groups is 3. The smallest absolute Gasteiger partial charge is 0.324 e. The predicted molar refractivity (Wildman–Crippen MR) is 108 cm³/mol. The molecular formula is C22H23N3O3. The molecule has 1 aliphatic rings. The van der Waals surface area contributed by atoms with Gasteiger partial charge in [-0.05, 0) is 43.0 Å². The highest BCUT2D eigenvalue weighted by Gasteiger charge is 2.28. The third-order valence-electron chi connectivity index (χ3n) is 4.50. The lowest BCUT2D eigenvalue weighted by molar-refractivity contribution is -0.125. The molecule has 2 aromatic rings. The Kier molecular flexibility index (Phi) is 6.22. The topological polar surface area (TPSA) is 78.5 Å². The van der Waals surface area contributed by atoms with Crippen molar-refractivity contribution >= 4 is 23.5 Å². The largest absolute Gasteiger partial charge is 0.329 e. The van der Waals surface area contributed by atoms with Crippen LogP contribution in [0.1, 0.15) is 24.5 Å². The highest BCUT2D eigenvalue weighted by atomic mass is 16.2. The van der Waals surface area contributed by atoms with Crippen LogP contribution in [0.4, 0.5) is 10.5 Å². The summed E-state index contributed by atoms with van der Waals surface area (Å²) in [5.74, 6) is -0.450. The zero-order valence-electron chi connectivity index (χ0n) is 15.8. The summed E-state index contributed by atoms with van der Waals surface area (Å²) in [7, 11) is 0. The van der Waals surface area contributed by atoms with Crippen LogP contribution in [-0.4, -0.2) is 29.3 Å². The van der Waals surface area contributed by atoms with Crippen LogP contribution in [0.5, 0.6) is 0 Å². The van der Waals surface area contributed by atoms with Crippen LogP contribution < -0.4 is 10.6 Å². The van der Waals surface area contributed by atoms with Crippen LogP contribution in [0.15, 0.2) is 66.2 Å². The third kappa shape index (κ3) is 5.30. The lowest BCUT2D eigenvalue weighted by Crippen LogP contribution is -2.30. The van der Waals surface area contributed by atoms with E-state index in [9.17, 15) is 14.4 Å². The first-order chi connectivity index (χ1) is 13.5. The molecule has 0 bridgehead atoms. The molecule has 6 nitrogen and oxygen atoms in total. The van der Waals surface area contributed by atoms with Crippen molar-refractivity contribution in [3.63, 3.8) is 0 Å². The Hall–Kier alpha value is -3.41. The molecule has 4 amide bonds. The summed E-state index contributed by atoms with van der Waals surface area (Å²) in [5, 5.41) is 5.33. The summed E-state index contributed by atoms with van der Waals surface area (Å²) in [6, 6.07) is 16.9. The van der Waals surface area contributed by atoms with Gasteiger partial charge in [-0.2, -0.15) is 0 Å². The minimum absolute atomic E-state index is 0.0301.